The van der Waals surface area contributed by atoms with Crippen molar-refractivity contribution in [2.45, 2.75) is 6.54 Å². The van der Waals surface area contributed by atoms with E-state index in [9.17, 15) is 9.59 Å². The highest BCUT2D eigenvalue weighted by Crippen LogP contribution is 2.34. The zero-order valence-electron chi connectivity index (χ0n) is 15.4. The molecule has 5 nitrogen and oxygen atoms in total. The van der Waals surface area contributed by atoms with E-state index < -0.39 is 0 Å². The lowest BCUT2D eigenvalue weighted by Crippen LogP contribution is -2.33. The van der Waals surface area contributed by atoms with Gasteiger partial charge in [-0.15, -0.1) is 0 Å². The van der Waals surface area contributed by atoms with Crippen LogP contribution in [0.15, 0.2) is 90.9 Å². The van der Waals surface area contributed by atoms with Crippen LogP contribution in [0.25, 0.3) is 5.57 Å². The fourth-order valence-corrected chi connectivity index (χ4v) is 3.34. The molecule has 1 aromatic heterocycles. The molecule has 0 bridgehead atoms. The molecule has 0 radical (unpaired) electrons. The lowest BCUT2D eigenvalue weighted by atomic mass is 10.0. The second-order valence-corrected chi connectivity index (χ2v) is 6.54. The number of carbonyl (C=O) groups excluding carboxylic acids is 2. The Hall–Kier alpha value is -3.73. The molecule has 0 atom stereocenters. The third-order valence-electron chi connectivity index (χ3n) is 4.75. The van der Waals surface area contributed by atoms with Gasteiger partial charge in [0.25, 0.3) is 11.8 Å². The van der Waals surface area contributed by atoms with Crippen LogP contribution in [-0.2, 0) is 16.1 Å². The molecule has 4 rings (SSSR count). The molecule has 0 aliphatic carbocycles. The summed E-state index contributed by atoms with van der Waals surface area (Å²) in [5.74, 6) is -0.600. The number of rotatable bonds is 5. The summed E-state index contributed by atoms with van der Waals surface area (Å²) in [4.78, 5) is 33.7. The molecule has 1 aliphatic heterocycles. The van der Waals surface area contributed by atoms with Crippen molar-refractivity contribution in [3.63, 3.8) is 0 Å². The predicted octanol–water partition coefficient (Wildman–Crippen LogP) is 3.50. The number of nitrogens with zero attached hydrogens (tertiary/aromatic N) is 3. The first kappa shape index (κ1) is 17.7. The van der Waals surface area contributed by atoms with E-state index in [-0.39, 0.29) is 18.4 Å². The summed E-state index contributed by atoms with van der Waals surface area (Å²) in [5, 5.41) is 0. The summed E-state index contributed by atoms with van der Waals surface area (Å²) in [7, 11) is 1.81. The number of benzene rings is 2. The van der Waals surface area contributed by atoms with Crippen molar-refractivity contribution >= 4 is 23.1 Å². The first-order chi connectivity index (χ1) is 13.7. The van der Waals surface area contributed by atoms with Crippen molar-refractivity contribution in [2.24, 2.45) is 0 Å². The lowest BCUT2D eigenvalue weighted by molar-refractivity contribution is -0.137. The molecule has 138 valence electrons. The van der Waals surface area contributed by atoms with E-state index in [1.54, 1.807) is 23.4 Å². The fourth-order valence-electron chi connectivity index (χ4n) is 3.34. The van der Waals surface area contributed by atoms with Gasteiger partial charge in [-0.2, -0.15) is 0 Å². The van der Waals surface area contributed by atoms with Gasteiger partial charge in [-0.05, 0) is 29.3 Å². The minimum absolute atomic E-state index is 0.188. The zero-order chi connectivity index (χ0) is 19.5. The molecule has 1 aliphatic rings. The van der Waals surface area contributed by atoms with E-state index in [4.69, 9.17) is 0 Å². The van der Waals surface area contributed by atoms with Crippen LogP contribution < -0.4 is 4.90 Å². The maximum absolute atomic E-state index is 13.3. The Labute approximate surface area is 163 Å². The van der Waals surface area contributed by atoms with Crippen LogP contribution in [0.1, 0.15) is 11.1 Å². The SMILES string of the molecule is CN(C1=C(c2ccccc2)C(=O)N(Cc2cccnc2)C1=O)c1ccccc1. The minimum atomic E-state index is -0.306. The summed E-state index contributed by atoms with van der Waals surface area (Å²) in [6.45, 7) is 0.188. The Kier molecular flexibility index (Phi) is 4.72. The van der Waals surface area contributed by atoms with Crippen molar-refractivity contribution in [3.05, 3.63) is 102 Å². The molecule has 2 amide bonds. The van der Waals surface area contributed by atoms with Gasteiger partial charge in [0.1, 0.15) is 5.70 Å². The maximum atomic E-state index is 13.3. The standard InChI is InChI=1S/C23H19N3O2/c1-25(19-12-6-3-7-13-19)21-20(18-10-4-2-5-11-18)22(27)26(23(21)28)16-17-9-8-14-24-15-17/h2-15H,16H2,1H3. The third-order valence-corrected chi connectivity index (χ3v) is 4.75. The second kappa shape index (κ2) is 7.48. The topological polar surface area (TPSA) is 53.5 Å². The Bertz CT molecular complexity index is 1030. The third kappa shape index (κ3) is 3.18. The van der Waals surface area contributed by atoms with Crippen LogP contribution in [0, 0.1) is 0 Å². The molecule has 0 spiro atoms. The Morgan fingerprint density at radius 1 is 0.857 bits per heavy atom. The number of anilines is 1. The first-order valence-corrected chi connectivity index (χ1v) is 9.00. The summed E-state index contributed by atoms with van der Waals surface area (Å²) < 4.78 is 0. The van der Waals surface area contributed by atoms with Gasteiger partial charge >= 0.3 is 0 Å². The normalized spacial score (nSPS) is 14.0. The van der Waals surface area contributed by atoms with E-state index in [0.29, 0.717) is 11.3 Å². The smallest absolute Gasteiger partial charge is 0.278 e. The van der Waals surface area contributed by atoms with E-state index in [0.717, 1.165) is 16.8 Å². The number of amides is 2. The molecular weight excluding hydrogens is 350 g/mol. The number of pyridine rings is 1. The quantitative estimate of drug-likeness (QED) is 0.646. The molecule has 28 heavy (non-hydrogen) atoms. The summed E-state index contributed by atoms with van der Waals surface area (Å²) in [5.41, 5.74) is 3.18. The summed E-state index contributed by atoms with van der Waals surface area (Å²) >= 11 is 0. The van der Waals surface area contributed by atoms with Gasteiger partial charge in [0.2, 0.25) is 0 Å². The van der Waals surface area contributed by atoms with Crippen molar-refractivity contribution < 1.29 is 9.59 Å². The molecule has 3 aromatic rings. The predicted molar refractivity (Wildman–Crippen MR) is 108 cm³/mol. The first-order valence-electron chi connectivity index (χ1n) is 9.00. The van der Waals surface area contributed by atoms with E-state index in [2.05, 4.69) is 4.98 Å². The van der Waals surface area contributed by atoms with E-state index in [1.165, 1.54) is 4.90 Å². The molecule has 5 heteroatoms. The van der Waals surface area contributed by atoms with Gasteiger partial charge in [0.05, 0.1) is 12.1 Å². The number of hydrogen-bond acceptors (Lipinski definition) is 4. The van der Waals surface area contributed by atoms with Crippen LogP contribution in [0.3, 0.4) is 0 Å². The molecule has 2 aromatic carbocycles. The molecule has 2 heterocycles. The second-order valence-electron chi connectivity index (χ2n) is 6.54. The van der Waals surface area contributed by atoms with Crippen molar-refractivity contribution in [1.82, 2.24) is 9.88 Å². The molecular formula is C23H19N3O2. The van der Waals surface area contributed by atoms with Crippen LogP contribution in [0.2, 0.25) is 0 Å². The number of para-hydroxylation sites is 1. The molecule has 0 N–H and O–H groups in total. The fraction of sp³-hybridized carbons (Fsp3) is 0.0870. The number of hydrogen-bond donors (Lipinski definition) is 0. The Balaban J connectivity index is 1.79. The summed E-state index contributed by atoms with van der Waals surface area (Å²) in [6, 6.07) is 22.5. The van der Waals surface area contributed by atoms with E-state index in [1.807, 2.05) is 73.8 Å². The average molecular weight is 369 g/mol. The highest BCUT2D eigenvalue weighted by atomic mass is 16.2. The number of carbonyl (C=O) groups is 2. The maximum Gasteiger partial charge on any atom is 0.278 e. The van der Waals surface area contributed by atoms with Crippen molar-refractivity contribution in [3.8, 4) is 0 Å². The van der Waals surface area contributed by atoms with Gasteiger partial charge in [-0.3, -0.25) is 19.5 Å². The molecule has 0 fully saturated rings. The van der Waals surface area contributed by atoms with Crippen molar-refractivity contribution in [1.29, 1.82) is 0 Å². The number of likely N-dealkylation sites (N-methyl/N-ethyl adjacent to an activating group) is 1. The zero-order valence-corrected chi connectivity index (χ0v) is 15.4. The molecule has 0 saturated heterocycles. The van der Waals surface area contributed by atoms with Crippen LogP contribution in [-0.4, -0.2) is 28.7 Å². The van der Waals surface area contributed by atoms with Gasteiger partial charge in [0, 0.05) is 25.1 Å². The van der Waals surface area contributed by atoms with E-state index >= 15 is 0 Å². The van der Waals surface area contributed by atoms with Gasteiger partial charge in [-0.1, -0.05) is 54.6 Å². The lowest BCUT2D eigenvalue weighted by Gasteiger charge is -2.21. The Morgan fingerprint density at radius 3 is 2.18 bits per heavy atom. The highest BCUT2D eigenvalue weighted by Gasteiger charge is 2.41. The number of aromatic nitrogens is 1. The van der Waals surface area contributed by atoms with Gasteiger partial charge < -0.3 is 4.90 Å². The molecule has 0 unspecified atom stereocenters. The van der Waals surface area contributed by atoms with Crippen LogP contribution in [0.4, 0.5) is 5.69 Å². The van der Waals surface area contributed by atoms with Crippen LogP contribution >= 0.6 is 0 Å². The van der Waals surface area contributed by atoms with Crippen molar-refractivity contribution in [2.75, 3.05) is 11.9 Å². The summed E-state index contributed by atoms with van der Waals surface area (Å²) in [6.07, 6.45) is 3.33. The average Bonchev–Trinajstić information content (AvgIpc) is 3.00. The van der Waals surface area contributed by atoms with Gasteiger partial charge in [-0.25, -0.2) is 0 Å². The number of imide groups is 1. The molecule has 0 saturated carbocycles. The van der Waals surface area contributed by atoms with Gasteiger partial charge in [0.15, 0.2) is 0 Å². The Morgan fingerprint density at radius 2 is 1.54 bits per heavy atom. The minimum Gasteiger partial charge on any atom is -0.339 e. The van der Waals surface area contributed by atoms with Crippen LogP contribution in [0.5, 0.6) is 0 Å². The monoisotopic (exact) mass is 369 g/mol. The largest absolute Gasteiger partial charge is 0.339 e. The highest BCUT2D eigenvalue weighted by molar-refractivity contribution is 6.36.